The Bertz CT molecular complexity index is 747. The molecule has 0 radical (unpaired) electrons. The first-order chi connectivity index (χ1) is 11.7. The third kappa shape index (κ3) is 3.06. The van der Waals surface area contributed by atoms with E-state index in [1.54, 1.807) is 6.20 Å². The predicted octanol–water partition coefficient (Wildman–Crippen LogP) is 2.50. The van der Waals surface area contributed by atoms with Crippen molar-refractivity contribution in [3.05, 3.63) is 41.4 Å². The largest absolute Gasteiger partial charge is 0.339 e. The maximum absolute atomic E-state index is 12.7. The molecule has 1 saturated heterocycles. The molecule has 5 nitrogen and oxygen atoms in total. The van der Waals surface area contributed by atoms with Crippen LogP contribution in [0.3, 0.4) is 0 Å². The number of benzene rings is 1. The number of rotatable bonds is 3. The number of amides is 2. The van der Waals surface area contributed by atoms with Crippen LogP contribution in [0, 0.1) is 5.92 Å². The quantitative estimate of drug-likeness (QED) is 0.862. The van der Waals surface area contributed by atoms with Crippen LogP contribution in [-0.2, 0) is 4.79 Å². The zero-order valence-corrected chi connectivity index (χ0v) is 14.2. The van der Waals surface area contributed by atoms with Crippen LogP contribution < -0.4 is 0 Å². The van der Waals surface area contributed by atoms with Crippen molar-refractivity contribution in [2.45, 2.75) is 12.8 Å². The summed E-state index contributed by atoms with van der Waals surface area (Å²) in [6.07, 6.45) is 3.72. The Morgan fingerprint density at radius 2 is 1.67 bits per heavy atom. The van der Waals surface area contributed by atoms with Crippen LogP contribution in [0.15, 0.2) is 36.5 Å². The number of thiazole rings is 1. The third-order valence-corrected chi connectivity index (χ3v) is 5.58. The molecule has 6 heteroatoms. The maximum atomic E-state index is 12.7. The minimum Gasteiger partial charge on any atom is -0.339 e. The summed E-state index contributed by atoms with van der Waals surface area (Å²) in [5, 5.41) is 0.862. The molecule has 0 bridgehead atoms. The molecule has 0 N–H and O–H groups in total. The van der Waals surface area contributed by atoms with Crippen molar-refractivity contribution in [1.82, 2.24) is 14.8 Å². The van der Waals surface area contributed by atoms with Crippen LogP contribution in [0.4, 0.5) is 0 Å². The predicted molar refractivity (Wildman–Crippen MR) is 92.8 cm³/mol. The minimum atomic E-state index is 0.0215. The van der Waals surface area contributed by atoms with Crippen molar-refractivity contribution < 1.29 is 9.59 Å². The third-order valence-electron chi connectivity index (χ3n) is 4.54. The van der Waals surface area contributed by atoms with Gasteiger partial charge in [0.05, 0.1) is 6.20 Å². The van der Waals surface area contributed by atoms with Gasteiger partial charge in [0.1, 0.15) is 9.88 Å². The number of hydrogen-bond donors (Lipinski definition) is 0. The average Bonchev–Trinajstić information content (AvgIpc) is 3.38. The fourth-order valence-electron chi connectivity index (χ4n) is 2.96. The fourth-order valence-corrected chi connectivity index (χ4v) is 3.85. The Morgan fingerprint density at radius 1 is 1.00 bits per heavy atom. The summed E-state index contributed by atoms with van der Waals surface area (Å²) in [4.78, 5) is 33.5. The monoisotopic (exact) mass is 341 g/mol. The fraction of sp³-hybridized carbons (Fsp3) is 0.389. The highest BCUT2D eigenvalue weighted by Crippen LogP contribution is 2.31. The van der Waals surface area contributed by atoms with E-state index in [4.69, 9.17) is 0 Å². The molecule has 2 amide bonds. The van der Waals surface area contributed by atoms with E-state index in [-0.39, 0.29) is 17.7 Å². The molecule has 1 aliphatic carbocycles. The molecule has 1 aliphatic heterocycles. The Kier molecular flexibility index (Phi) is 4.06. The Labute approximate surface area is 144 Å². The second kappa shape index (κ2) is 6.36. The molecule has 0 unspecified atom stereocenters. The van der Waals surface area contributed by atoms with E-state index in [1.165, 1.54) is 11.3 Å². The van der Waals surface area contributed by atoms with Gasteiger partial charge in [0.2, 0.25) is 5.91 Å². The summed E-state index contributed by atoms with van der Waals surface area (Å²) >= 11 is 1.43. The molecule has 0 spiro atoms. The summed E-state index contributed by atoms with van der Waals surface area (Å²) in [5.74, 6) is 0.543. The van der Waals surface area contributed by atoms with Gasteiger partial charge in [0, 0.05) is 37.7 Å². The lowest BCUT2D eigenvalue weighted by Gasteiger charge is -2.34. The number of piperazine rings is 1. The van der Waals surface area contributed by atoms with E-state index < -0.39 is 0 Å². The van der Waals surface area contributed by atoms with Gasteiger partial charge in [-0.2, -0.15) is 0 Å². The first-order valence-electron chi connectivity index (χ1n) is 8.31. The molecular weight excluding hydrogens is 322 g/mol. The molecule has 24 heavy (non-hydrogen) atoms. The SMILES string of the molecule is O=C(c1cnc(-c2ccccc2)s1)N1CCN(C(=O)C2CC2)CC1. The zero-order chi connectivity index (χ0) is 16.5. The summed E-state index contributed by atoms with van der Waals surface area (Å²) in [5.41, 5.74) is 1.03. The lowest BCUT2D eigenvalue weighted by molar-refractivity contribution is -0.134. The van der Waals surface area contributed by atoms with Gasteiger partial charge in [-0.15, -0.1) is 11.3 Å². The van der Waals surface area contributed by atoms with Gasteiger partial charge in [0.15, 0.2) is 0 Å². The Morgan fingerprint density at radius 3 is 2.33 bits per heavy atom. The number of nitrogens with zero attached hydrogens (tertiary/aromatic N) is 3. The smallest absolute Gasteiger partial charge is 0.265 e. The van der Waals surface area contributed by atoms with E-state index in [1.807, 2.05) is 40.1 Å². The van der Waals surface area contributed by atoms with Gasteiger partial charge in [0.25, 0.3) is 5.91 Å². The average molecular weight is 341 g/mol. The molecule has 124 valence electrons. The summed E-state index contributed by atoms with van der Waals surface area (Å²) in [6, 6.07) is 9.89. The highest BCUT2D eigenvalue weighted by molar-refractivity contribution is 7.16. The van der Waals surface area contributed by atoms with Crippen LogP contribution in [0.1, 0.15) is 22.5 Å². The number of hydrogen-bond acceptors (Lipinski definition) is 4. The zero-order valence-electron chi connectivity index (χ0n) is 13.4. The first-order valence-corrected chi connectivity index (χ1v) is 9.13. The lowest BCUT2D eigenvalue weighted by Crippen LogP contribution is -2.50. The van der Waals surface area contributed by atoms with Gasteiger partial charge in [-0.25, -0.2) is 4.98 Å². The topological polar surface area (TPSA) is 53.5 Å². The lowest BCUT2D eigenvalue weighted by atomic mass is 10.2. The van der Waals surface area contributed by atoms with E-state index in [0.717, 1.165) is 23.4 Å². The first kappa shape index (κ1) is 15.3. The van der Waals surface area contributed by atoms with Crippen LogP contribution in [0.5, 0.6) is 0 Å². The summed E-state index contributed by atoms with van der Waals surface area (Å²) in [6.45, 7) is 2.50. The van der Waals surface area contributed by atoms with E-state index in [2.05, 4.69) is 4.98 Å². The van der Waals surface area contributed by atoms with Crippen molar-refractivity contribution in [3.8, 4) is 10.6 Å². The van der Waals surface area contributed by atoms with E-state index in [0.29, 0.717) is 31.1 Å². The van der Waals surface area contributed by atoms with Crippen molar-refractivity contribution >= 4 is 23.2 Å². The van der Waals surface area contributed by atoms with Crippen LogP contribution in [0.2, 0.25) is 0 Å². The van der Waals surface area contributed by atoms with Gasteiger partial charge >= 0.3 is 0 Å². The van der Waals surface area contributed by atoms with Gasteiger partial charge in [-0.1, -0.05) is 30.3 Å². The van der Waals surface area contributed by atoms with E-state index in [9.17, 15) is 9.59 Å². The van der Waals surface area contributed by atoms with Crippen LogP contribution in [-0.4, -0.2) is 52.8 Å². The molecule has 2 aliphatic rings. The molecule has 1 saturated carbocycles. The Balaban J connectivity index is 1.40. The normalized spacial score (nSPS) is 17.8. The molecular formula is C18H19N3O2S. The highest BCUT2D eigenvalue weighted by Gasteiger charge is 2.35. The van der Waals surface area contributed by atoms with Crippen molar-refractivity contribution in [2.24, 2.45) is 5.92 Å². The van der Waals surface area contributed by atoms with Crippen molar-refractivity contribution in [3.63, 3.8) is 0 Å². The Hall–Kier alpha value is -2.21. The second-order valence-electron chi connectivity index (χ2n) is 6.29. The minimum absolute atomic E-state index is 0.0215. The maximum Gasteiger partial charge on any atom is 0.265 e. The standard InChI is InChI=1S/C18H19N3O2S/c22-17(14-6-7-14)20-8-10-21(11-9-20)18(23)15-12-19-16(24-15)13-4-2-1-3-5-13/h1-5,12,14H,6-11H2. The van der Waals surface area contributed by atoms with Crippen LogP contribution in [0.25, 0.3) is 10.6 Å². The molecule has 2 aromatic rings. The summed E-state index contributed by atoms with van der Waals surface area (Å²) < 4.78 is 0. The highest BCUT2D eigenvalue weighted by atomic mass is 32.1. The molecule has 1 aromatic heterocycles. The van der Waals surface area contributed by atoms with Crippen molar-refractivity contribution in [1.29, 1.82) is 0 Å². The number of aromatic nitrogens is 1. The van der Waals surface area contributed by atoms with Gasteiger partial charge < -0.3 is 9.80 Å². The number of carbonyl (C=O) groups excluding carboxylic acids is 2. The summed E-state index contributed by atoms with van der Waals surface area (Å²) in [7, 11) is 0. The van der Waals surface area contributed by atoms with Crippen LogP contribution >= 0.6 is 11.3 Å². The molecule has 2 heterocycles. The molecule has 2 fully saturated rings. The van der Waals surface area contributed by atoms with E-state index >= 15 is 0 Å². The number of carbonyl (C=O) groups is 2. The second-order valence-corrected chi connectivity index (χ2v) is 7.32. The molecule has 0 atom stereocenters. The van der Waals surface area contributed by atoms with Gasteiger partial charge in [-0.3, -0.25) is 9.59 Å². The molecule has 1 aromatic carbocycles. The van der Waals surface area contributed by atoms with Crippen molar-refractivity contribution in [2.75, 3.05) is 26.2 Å². The van der Waals surface area contributed by atoms with Gasteiger partial charge in [-0.05, 0) is 12.8 Å². The molecule has 4 rings (SSSR count).